The van der Waals surface area contributed by atoms with Crippen molar-refractivity contribution >= 4 is 23.6 Å². The molecule has 25 heavy (non-hydrogen) atoms. The molecule has 0 bridgehead atoms. The van der Waals surface area contributed by atoms with E-state index in [1.165, 1.54) is 24.4 Å². The molecule has 1 aliphatic carbocycles. The molecule has 0 aliphatic heterocycles. The molecule has 0 atom stereocenters. The van der Waals surface area contributed by atoms with Crippen LogP contribution in [-0.4, -0.2) is 38.4 Å². The third-order valence-corrected chi connectivity index (χ3v) is 5.04. The largest absolute Gasteiger partial charge is 0.461 e. The molecule has 3 rings (SSSR count). The Balaban J connectivity index is 1.65. The van der Waals surface area contributed by atoms with Gasteiger partial charge in [-0.2, -0.15) is 0 Å². The van der Waals surface area contributed by atoms with Crippen LogP contribution in [0.25, 0.3) is 11.6 Å². The Morgan fingerprint density at radius 2 is 2.12 bits per heavy atom. The van der Waals surface area contributed by atoms with Crippen LogP contribution in [0, 0.1) is 0 Å². The van der Waals surface area contributed by atoms with Crippen molar-refractivity contribution in [3.8, 4) is 11.6 Å². The first-order valence-electron chi connectivity index (χ1n) is 8.31. The molecule has 0 spiro atoms. The first kappa shape index (κ1) is 17.5. The first-order valence-corrected chi connectivity index (χ1v) is 9.29. The normalized spacial score (nSPS) is 15.2. The second kappa shape index (κ2) is 8.19. The minimum atomic E-state index is -0.513. The molecule has 0 saturated heterocycles. The summed E-state index contributed by atoms with van der Waals surface area (Å²) in [5.74, 6) is 0.573. The van der Waals surface area contributed by atoms with Crippen LogP contribution in [0.5, 0.6) is 0 Å². The van der Waals surface area contributed by atoms with Crippen LogP contribution in [-0.2, 0) is 16.1 Å². The Hall–Kier alpha value is -2.29. The average Bonchev–Trinajstić information content (AvgIpc) is 3.23. The summed E-state index contributed by atoms with van der Waals surface area (Å²) >= 11 is 1.23. The van der Waals surface area contributed by atoms with Crippen molar-refractivity contribution in [2.75, 3.05) is 5.75 Å². The van der Waals surface area contributed by atoms with Crippen LogP contribution in [0.2, 0.25) is 0 Å². The highest BCUT2D eigenvalue weighted by Crippen LogP contribution is 2.24. The Morgan fingerprint density at radius 1 is 1.32 bits per heavy atom. The van der Waals surface area contributed by atoms with Crippen molar-refractivity contribution in [2.24, 2.45) is 5.73 Å². The van der Waals surface area contributed by atoms with E-state index in [0.717, 1.165) is 25.7 Å². The van der Waals surface area contributed by atoms with Gasteiger partial charge in [0.2, 0.25) is 17.6 Å². The van der Waals surface area contributed by atoms with Gasteiger partial charge in [-0.3, -0.25) is 14.2 Å². The molecule has 1 saturated carbocycles. The number of hydrogen-bond acceptors (Lipinski definition) is 6. The fourth-order valence-corrected chi connectivity index (χ4v) is 3.68. The Labute approximate surface area is 149 Å². The summed E-state index contributed by atoms with van der Waals surface area (Å²) in [7, 11) is 0. The van der Waals surface area contributed by atoms with Crippen LogP contribution in [0.4, 0.5) is 0 Å². The van der Waals surface area contributed by atoms with Crippen LogP contribution >= 0.6 is 11.8 Å². The third kappa shape index (κ3) is 4.62. The maximum absolute atomic E-state index is 12.2. The van der Waals surface area contributed by atoms with Crippen LogP contribution in [0.1, 0.15) is 32.1 Å². The lowest BCUT2D eigenvalue weighted by Crippen LogP contribution is -2.37. The van der Waals surface area contributed by atoms with Crippen molar-refractivity contribution in [3.05, 3.63) is 18.4 Å². The highest BCUT2D eigenvalue weighted by molar-refractivity contribution is 7.99. The third-order valence-electron chi connectivity index (χ3n) is 4.07. The molecule has 134 valence electrons. The number of carbonyl (C=O) groups is 2. The maximum Gasteiger partial charge on any atom is 0.237 e. The highest BCUT2D eigenvalue weighted by Gasteiger charge is 2.20. The Bertz CT molecular complexity index is 722. The molecule has 2 aromatic rings. The van der Waals surface area contributed by atoms with Gasteiger partial charge in [0.15, 0.2) is 10.9 Å². The van der Waals surface area contributed by atoms with Gasteiger partial charge in [-0.25, -0.2) is 0 Å². The molecule has 8 nitrogen and oxygen atoms in total. The molecule has 2 amide bonds. The minimum Gasteiger partial charge on any atom is -0.461 e. The number of thioether (sulfide) groups is 1. The molecule has 1 aliphatic rings. The maximum atomic E-state index is 12.2. The van der Waals surface area contributed by atoms with E-state index in [9.17, 15) is 9.59 Å². The molecule has 3 N–H and O–H groups in total. The zero-order valence-corrected chi connectivity index (χ0v) is 14.6. The van der Waals surface area contributed by atoms with E-state index in [4.69, 9.17) is 10.2 Å². The molecule has 2 heterocycles. The number of nitrogens with two attached hydrogens (primary N) is 1. The summed E-state index contributed by atoms with van der Waals surface area (Å²) in [6.07, 6.45) is 7.17. The molecule has 2 aromatic heterocycles. The predicted octanol–water partition coefficient (Wildman–Crippen LogP) is 1.56. The van der Waals surface area contributed by atoms with Gasteiger partial charge in [-0.1, -0.05) is 31.0 Å². The fourth-order valence-electron chi connectivity index (χ4n) is 2.93. The van der Waals surface area contributed by atoms with Crippen molar-refractivity contribution in [3.63, 3.8) is 0 Å². The molecular weight excluding hydrogens is 342 g/mol. The smallest absolute Gasteiger partial charge is 0.237 e. The monoisotopic (exact) mass is 363 g/mol. The molecule has 0 unspecified atom stereocenters. The number of aromatic nitrogens is 3. The van der Waals surface area contributed by atoms with E-state index < -0.39 is 5.91 Å². The van der Waals surface area contributed by atoms with E-state index >= 15 is 0 Å². The fraction of sp³-hybridized carbons (Fsp3) is 0.500. The number of hydrogen-bond donors (Lipinski definition) is 2. The standard InChI is InChI=1S/C16H21N5O3S/c17-13(22)9-21-15(12-7-4-8-24-12)19-20-16(21)25-10-14(23)18-11-5-2-1-3-6-11/h4,7-8,11H,1-3,5-6,9-10H2,(H2,17,22)(H,18,23). The van der Waals surface area contributed by atoms with Crippen molar-refractivity contribution in [1.82, 2.24) is 20.1 Å². The zero-order valence-electron chi connectivity index (χ0n) is 13.8. The van der Waals surface area contributed by atoms with Gasteiger partial charge < -0.3 is 15.5 Å². The van der Waals surface area contributed by atoms with Crippen molar-refractivity contribution in [2.45, 2.75) is 49.8 Å². The summed E-state index contributed by atoms with van der Waals surface area (Å²) in [6.45, 7) is -0.0738. The summed E-state index contributed by atoms with van der Waals surface area (Å²) in [4.78, 5) is 23.5. The number of carbonyl (C=O) groups excluding carboxylic acids is 2. The number of primary amides is 1. The van der Waals surface area contributed by atoms with Crippen molar-refractivity contribution < 1.29 is 14.0 Å². The summed E-state index contributed by atoms with van der Waals surface area (Å²) in [6, 6.07) is 3.72. The first-order chi connectivity index (χ1) is 12.1. The molecular formula is C16H21N5O3S. The van der Waals surface area contributed by atoms with Gasteiger partial charge in [0.1, 0.15) is 6.54 Å². The topological polar surface area (TPSA) is 116 Å². The van der Waals surface area contributed by atoms with Crippen LogP contribution in [0.15, 0.2) is 28.0 Å². The number of rotatable bonds is 7. The number of amides is 2. The Kier molecular flexibility index (Phi) is 5.75. The number of furan rings is 1. The lowest BCUT2D eigenvalue weighted by Gasteiger charge is -2.22. The number of nitrogens with one attached hydrogen (secondary N) is 1. The molecule has 9 heteroatoms. The number of nitrogens with zero attached hydrogens (tertiary/aromatic N) is 3. The highest BCUT2D eigenvalue weighted by atomic mass is 32.2. The lowest BCUT2D eigenvalue weighted by atomic mass is 9.95. The summed E-state index contributed by atoms with van der Waals surface area (Å²) in [5.41, 5.74) is 5.32. The van der Waals surface area contributed by atoms with E-state index in [0.29, 0.717) is 16.7 Å². The van der Waals surface area contributed by atoms with Gasteiger partial charge in [0.25, 0.3) is 0 Å². The minimum absolute atomic E-state index is 0.0370. The summed E-state index contributed by atoms with van der Waals surface area (Å²) in [5, 5.41) is 11.7. The average molecular weight is 363 g/mol. The summed E-state index contributed by atoms with van der Waals surface area (Å²) < 4.78 is 6.89. The van der Waals surface area contributed by atoms with Gasteiger partial charge in [0.05, 0.1) is 12.0 Å². The van der Waals surface area contributed by atoms with E-state index in [1.54, 1.807) is 16.7 Å². The Morgan fingerprint density at radius 3 is 2.80 bits per heavy atom. The lowest BCUT2D eigenvalue weighted by molar-refractivity contribution is -0.119. The molecule has 0 aromatic carbocycles. The van der Waals surface area contributed by atoms with Gasteiger partial charge in [0, 0.05) is 6.04 Å². The SMILES string of the molecule is NC(=O)Cn1c(SCC(=O)NC2CCCCC2)nnc1-c1ccco1. The predicted molar refractivity (Wildman–Crippen MR) is 92.7 cm³/mol. The van der Waals surface area contributed by atoms with Gasteiger partial charge in [-0.15, -0.1) is 10.2 Å². The zero-order chi connectivity index (χ0) is 17.6. The van der Waals surface area contributed by atoms with E-state index in [2.05, 4.69) is 15.5 Å². The van der Waals surface area contributed by atoms with Crippen molar-refractivity contribution in [1.29, 1.82) is 0 Å². The van der Waals surface area contributed by atoms with E-state index in [1.807, 2.05) is 0 Å². The second-order valence-electron chi connectivity index (χ2n) is 6.03. The van der Waals surface area contributed by atoms with Gasteiger partial charge >= 0.3 is 0 Å². The quantitative estimate of drug-likeness (QED) is 0.721. The van der Waals surface area contributed by atoms with Gasteiger partial charge in [-0.05, 0) is 25.0 Å². The molecule has 1 fully saturated rings. The van der Waals surface area contributed by atoms with E-state index in [-0.39, 0.29) is 24.2 Å². The van der Waals surface area contributed by atoms with Crippen LogP contribution < -0.4 is 11.1 Å². The molecule has 0 radical (unpaired) electrons. The van der Waals surface area contributed by atoms with Crippen LogP contribution in [0.3, 0.4) is 0 Å². The second-order valence-corrected chi connectivity index (χ2v) is 6.97.